The molecule has 0 aliphatic rings. The summed E-state index contributed by atoms with van der Waals surface area (Å²) in [6.45, 7) is 9.09. The van der Waals surface area contributed by atoms with E-state index in [9.17, 15) is 0 Å². The second-order valence-electron chi connectivity index (χ2n) is 9.15. The monoisotopic (exact) mass is 403 g/mol. The molecule has 0 aliphatic heterocycles. The van der Waals surface area contributed by atoms with E-state index in [2.05, 4.69) is 91.8 Å². The predicted molar refractivity (Wildman–Crippen MR) is 130 cm³/mol. The van der Waals surface area contributed by atoms with Gasteiger partial charge in [0.2, 0.25) is 0 Å². The van der Waals surface area contributed by atoms with Crippen LogP contribution in [0.15, 0.2) is 67.1 Å². The van der Waals surface area contributed by atoms with Crippen LogP contribution in [0.2, 0.25) is 0 Å². The van der Waals surface area contributed by atoms with Gasteiger partial charge in [0.1, 0.15) is 5.65 Å². The minimum absolute atomic E-state index is 0.424. The highest BCUT2D eigenvalue weighted by Crippen LogP contribution is 2.41. The molecule has 0 spiro atoms. The van der Waals surface area contributed by atoms with Gasteiger partial charge in [-0.05, 0) is 28.3 Å². The van der Waals surface area contributed by atoms with E-state index in [4.69, 9.17) is 4.98 Å². The standard InChI is InChI=1S/C28H25N3/c1-16(2)20-8-6-9-21(17(3)4)27(20)24-15-30-28-22-10-5-7-18-11-12-19-13-29-14-23(31(24)28)26(19)25(18)22/h5-17H,1-4H3. The van der Waals surface area contributed by atoms with Gasteiger partial charge in [0.05, 0.1) is 23.6 Å². The van der Waals surface area contributed by atoms with Crippen molar-refractivity contribution >= 4 is 38.1 Å². The normalized spacial score (nSPS) is 12.5. The quantitative estimate of drug-likeness (QED) is 0.286. The molecule has 0 atom stereocenters. The second-order valence-corrected chi connectivity index (χ2v) is 9.15. The topological polar surface area (TPSA) is 30.2 Å². The molecule has 0 unspecified atom stereocenters. The average Bonchev–Trinajstić information content (AvgIpc) is 3.22. The third kappa shape index (κ3) is 2.46. The van der Waals surface area contributed by atoms with E-state index in [1.165, 1.54) is 43.6 Å². The smallest absolute Gasteiger partial charge is 0.145 e. The number of benzene rings is 3. The van der Waals surface area contributed by atoms with E-state index >= 15 is 0 Å². The molecule has 152 valence electrons. The SMILES string of the molecule is CC(C)c1cccc(C(C)C)c1-c1cnc2c3cccc4ccc5cncc(c5c43)n12. The minimum Gasteiger partial charge on any atom is -0.290 e. The molecular formula is C28H25N3. The van der Waals surface area contributed by atoms with E-state index < -0.39 is 0 Å². The lowest BCUT2D eigenvalue weighted by molar-refractivity contribution is 0.836. The van der Waals surface area contributed by atoms with Gasteiger partial charge in [-0.2, -0.15) is 0 Å². The van der Waals surface area contributed by atoms with Gasteiger partial charge < -0.3 is 0 Å². The first kappa shape index (κ1) is 18.3. The Hall–Kier alpha value is -3.46. The molecule has 0 amide bonds. The van der Waals surface area contributed by atoms with Crippen molar-refractivity contribution in [3.05, 3.63) is 78.2 Å². The maximum atomic E-state index is 4.98. The van der Waals surface area contributed by atoms with Crippen LogP contribution in [-0.4, -0.2) is 14.4 Å². The predicted octanol–water partition coefficient (Wildman–Crippen LogP) is 7.54. The summed E-state index contributed by atoms with van der Waals surface area (Å²) < 4.78 is 2.34. The van der Waals surface area contributed by atoms with Gasteiger partial charge in [0.15, 0.2) is 0 Å². The van der Waals surface area contributed by atoms with Crippen LogP contribution in [0.1, 0.15) is 50.7 Å². The third-order valence-electron chi connectivity index (χ3n) is 6.62. The highest BCUT2D eigenvalue weighted by atomic mass is 15.0. The van der Waals surface area contributed by atoms with Crippen LogP contribution in [0.5, 0.6) is 0 Å². The molecule has 3 heteroatoms. The number of nitrogens with zero attached hydrogens (tertiary/aromatic N) is 3. The fraction of sp³-hybridized carbons (Fsp3) is 0.214. The van der Waals surface area contributed by atoms with Gasteiger partial charge in [0.25, 0.3) is 0 Å². The highest BCUT2D eigenvalue weighted by molar-refractivity contribution is 6.25. The molecule has 3 heterocycles. The van der Waals surface area contributed by atoms with Crippen molar-refractivity contribution in [2.45, 2.75) is 39.5 Å². The molecule has 0 saturated heterocycles. The Bertz CT molecular complexity index is 1560. The van der Waals surface area contributed by atoms with Crippen LogP contribution in [0.4, 0.5) is 0 Å². The van der Waals surface area contributed by atoms with Crippen LogP contribution in [0, 0.1) is 0 Å². The van der Waals surface area contributed by atoms with Crippen molar-refractivity contribution in [3.63, 3.8) is 0 Å². The first-order valence-electron chi connectivity index (χ1n) is 11.1. The van der Waals surface area contributed by atoms with E-state index in [1.54, 1.807) is 0 Å². The zero-order valence-electron chi connectivity index (χ0n) is 18.3. The number of hydrogen-bond donors (Lipinski definition) is 0. The minimum atomic E-state index is 0.424. The molecule has 6 aromatic rings. The Morgan fingerprint density at radius 1 is 0.710 bits per heavy atom. The van der Waals surface area contributed by atoms with Gasteiger partial charge >= 0.3 is 0 Å². The van der Waals surface area contributed by atoms with Crippen LogP contribution in [0.3, 0.4) is 0 Å². The Balaban J connectivity index is 1.87. The number of rotatable bonds is 3. The largest absolute Gasteiger partial charge is 0.290 e. The molecule has 0 saturated carbocycles. The maximum absolute atomic E-state index is 4.98. The zero-order valence-corrected chi connectivity index (χ0v) is 18.3. The van der Waals surface area contributed by atoms with Crippen molar-refractivity contribution in [2.75, 3.05) is 0 Å². The number of fused-ring (bicyclic) bond motifs is 3. The summed E-state index contributed by atoms with van der Waals surface area (Å²) in [4.78, 5) is 9.58. The Morgan fingerprint density at radius 2 is 1.42 bits per heavy atom. The second kappa shape index (κ2) is 6.52. The Kier molecular flexibility index (Phi) is 3.85. The molecule has 0 N–H and O–H groups in total. The molecule has 0 aliphatic carbocycles. The molecule has 3 aromatic carbocycles. The fourth-order valence-corrected chi connectivity index (χ4v) is 5.20. The molecule has 3 nitrogen and oxygen atoms in total. The summed E-state index contributed by atoms with van der Waals surface area (Å²) in [5.41, 5.74) is 7.33. The van der Waals surface area contributed by atoms with Crippen LogP contribution < -0.4 is 0 Å². The van der Waals surface area contributed by atoms with Gasteiger partial charge in [-0.3, -0.25) is 9.38 Å². The lowest BCUT2D eigenvalue weighted by Gasteiger charge is -2.20. The van der Waals surface area contributed by atoms with Gasteiger partial charge in [0, 0.05) is 33.3 Å². The lowest BCUT2D eigenvalue weighted by Crippen LogP contribution is -2.03. The van der Waals surface area contributed by atoms with Crippen molar-refractivity contribution in [3.8, 4) is 11.3 Å². The van der Waals surface area contributed by atoms with E-state index in [-0.39, 0.29) is 0 Å². The summed E-state index contributed by atoms with van der Waals surface area (Å²) in [5.74, 6) is 0.848. The molecule has 0 radical (unpaired) electrons. The molecule has 6 rings (SSSR count). The number of imidazole rings is 1. The number of hydrogen-bond acceptors (Lipinski definition) is 2. The molecule has 0 fully saturated rings. The average molecular weight is 404 g/mol. The van der Waals surface area contributed by atoms with E-state index in [0.29, 0.717) is 11.8 Å². The molecule has 31 heavy (non-hydrogen) atoms. The summed E-state index contributed by atoms with van der Waals surface area (Å²) in [6.07, 6.45) is 6.03. The van der Waals surface area contributed by atoms with E-state index in [0.717, 1.165) is 16.9 Å². The number of pyridine rings is 2. The summed E-state index contributed by atoms with van der Waals surface area (Å²) in [5, 5.41) is 6.16. The van der Waals surface area contributed by atoms with Crippen LogP contribution >= 0.6 is 0 Å². The zero-order chi connectivity index (χ0) is 21.3. The first-order valence-corrected chi connectivity index (χ1v) is 11.1. The first-order chi connectivity index (χ1) is 15.1. The number of aromatic nitrogens is 3. The van der Waals surface area contributed by atoms with E-state index in [1.807, 2.05) is 12.4 Å². The van der Waals surface area contributed by atoms with Crippen molar-refractivity contribution in [1.82, 2.24) is 14.4 Å². The summed E-state index contributed by atoms with van der Waals surface area (Å²) in [7, 11) is 0. The third-order valence-corrected chi connectivity index (χ3v) is 6.62. The van der Waals surface area contributed by atoms with Crippen LogP contribution in [-0.2, 0) is 0 Å². The van der Waals surface area contributed by atoms with Crippen molar-refractivity contribution < 1.29 is 0 Å². The van der Waals surface area contributed by atoms with Crippen molar-refractivity contribution in [2.24, 2.45) is 0 Å². The van der Waals surface area contributed by atoms with Gasteiger partial charge in [-0.25, -0.2) is 4.98 Å². The van der Waals surface area contributed by atoms with Gasteiger partial charge in [-0.15, -0.1) is 0 Å². The summed E-state index contributed by atoms with van der Waals surface area (Å²) >= 11 is 0. The Morgan fingerprint density at radius 3 is 2.16 bits per heavy atom. The highest BCUT2D eigenvalue weighted by Gasteiger charge is 2.22. The Labute approximate surface area is 181 Å². The summed E-state index contributed by atoms with van der Waals surface area (Å²) in [6, 6.07) is 17.6. The molecule has 3 aromatic heterocycles. The fourth-order valence-electron chi connectivity index (χ4n) is 5.20. The van der Waals surface area contributed by atoms with Gasteiger partial charge in [-0.1, -0.05) is 76.2 Å². The lowest BCUT2D eigenvalue weighted by atomic mass is 9.87. The molecular weight excluding hydrogens is 378 g/mol. The molecule has 0 bridgehead atoms. The van der Waals surface area contributed by atoms with Crippen molar-refractivity contribution in [1.29, 1.82) is 0 Å². The maximum Gasteiger partial charge on any atom is 0.145 e. The van der Waals surface area contributed by atoms with Crippen LogP contribution in [0.25, 0.3) is 49.4 Å².